The lowest BCUT2D eigenvalue weighted by molar-refractivity contribution is 0.561. The Balaban J connectivity index is 2.23. The Hall–Kier alpha value is -1.07. The molecule has 1 heterocycles. The summed E-state index contributed by atoms with van der Waals surface area (Å²) in [4.78, 5) is 0. The van der Waals surface area contributed by atoms with E-state index in [1.54, 1.807) is 7.05 Å². The molecule has 0 aliphatic carbocycles. The van der Waals surface area contributed by atoms with Gasteiger partial charge in [0.1, 0.15) is 0 Å². The van der Waals surface area contributed by atoms with Crippen LogP contribution in [-0.4, -0.2) is 32.9 Å². The van der Waals surface area contributed by atoms with Gasteiger partial charge in [-0.25, -0.2) is 0 Å². The highest BCUT2D eigenvalue weighted by Crippen LogP contribution is 2.22. The molecule has 0 unspecified atom stereocenters. The Morgan fingerprint density at radius 1 is 1.25 bits per heavy atom. The Labute approximate surface area is 96.7 Å². The summed E-state index contributed by atoms with van der Waals surface area (Å²) in [6.07, 6.45) is 0.961. The molecule has 1 aromatic carbocycles. The molecule has 16 heavy (non-hydrogen) atoms. The first-order valence-electron chi connectivity index (χ1n) is 5.38. The van der Waals surface area contributed by atoms with E-state index >= 15 is 0 Å². The summed E-state index contributed by atoms with van der Waals surface area (Å²) in [5, 5.41) is 0. The van der Waals surface area contributed by atoms with E-state index in [-0.39, 0.29) is 0 Å². The molecule has 0 N–H and O–H groups in total. The molecule has 1 fully saturated rings. The first-order valence-corrected chi connectivity index (χ1v) is 6.78. The molecule has 1 aromatic rings. The Kier molecular flexibility index (Phi) is 2.90. The van der Waals surface area contributed by atoms with Crippen LogP contribution in [-0.2, 0) is 16.6 Å². The first kappa shape index (κ1) is 11.4. The average molecular weight is 240 g/mol. The minimum absolute atomic E-state index is 0.639. The third-order valence-electron chi connectivity index (χ3n) is 2.79. The number of rotatable bonds is 4. The number of nitrogens with zero attached hydrogens (tertiary/aromatic N) is 2. The lowest BCUT2D eigenvalue weighted by Crippen LogP contribution is -2.32. The molecule has 2 rings (SSSR count). The van der Waals surface area contributed by atoms with Crippen LogP contribution in [0, 0.1) is 0 Å². The predicted octanol–water partition coefficient (Wildman–Crippen LogP) is 1.25. The maximum absolute atomic E-state index is 11.9. The summed E-state index contributed by atoms with van der Waals surface area (Å²) in [6, 6.07) is 7.62. The molecule has 4 nitrogen and oxygen atoms in total. The number of hydrogen-bond acceptors (Lipinski definition) is 2. The van der Waals surface area contributed by atoms with Crippen LogP contribution in [0.2, 0.25) is 0 Å². The zero-order valence-corrected chi connectivity index (χ0v) is 10.4. The van der Waals surface area contributed by atoms with Gasteiger partial charge in [-0.3, -0.25) is 4.31 Å². The monoisotopic (exact) mass is 240 g/mol. The van der Waals surface area contributed by atoms with E-state index in [2.05, 4.69) is 6.92 Å². The first-order chi connectivity index (χ1) is 7.55. The van der Waals surface area contributed by atoms with Gasteiger partial charge in [0, 0.05) is 20.1 Å². The molecule has 0 amide bonds. The predicted molar refractivity (Wildman–Crippen MR) is 64.7 cm³/mol. The number of benzene rings is 1. The van der Waals surface area contributed by atoms with Crippen molar-refractivity contribution in [3.05, 3.63) is 29.8 Å². The second kappa shape index (κ2) is 4.07. The van der Waals surface area contributed by atoms with Crippen molar-refractivity contribution in [2.45, 2.75) is 13.3 Å². The molecule has 0 spiro atoms. The highest BCUT2D eigenvalue weighted by atomic mass is 32.2. The minimum Gasteiger partial charge on any atom is -0.261 e. The van der Waals surface area contributed by atoms with Crippen molar-refractivity contribution in [3.8, 4) is 0 Å². The number of anilines is 1. The molecule has 0 radical (unpaired) electrons. The Morgan fingerprint density at radius 2 is 1.81 bits per heavy atom. The number of aryl methyl sites for hydroxylation is 1. The smallest absolute Gasteiger partial charge is 0.261 e. The fraction of sp³-hybridized carbons (Fsp3) is 0.455. The molecule has 0 bridgehead atoms. The lowest BCUT2D eigenvalue weighted by atomic mass is 10.1. The molecule has 0 aromatic heterocycles. The fourth-order valence-electron chi connectivity index (χ4n) is 1.52. The second-order valence-electron chi connectivity index (χ2n) is 3.89. The second-order valence-corrected chi connectivity index (χ2v) is 5.85. The molecule has 0 saturated carbocycles. The third kappa shape index (κ3) is 2.05. The van der Waals surface area contributed by atoms with E-state index < -0.39 is 10.2 Å². The molecule has 1 aliphatic heterocycles. The summed E-state index contributed by atoms with van der Waals surface area (Å²) < 4.78 is 26.6. The van der Waals surface area contributed by atoms with E-state index in [1.807, 2.05) is 24.3 Å². The molecule has 1 saturated heterocycles. The van der Waals surface area contributed by atoms with Crippen LogP contribution in [0.4, 0.5) is 5.69 Å². The van der Waals surface area contributed by atoms with E-state index in [1.165, 1.54) is 14.2 Å². The van der Waals surface area contributed by atoms with Gasteiger partial charge in [-0.1, -0.05) is 19.1 Å². The van der Waals surface area contributed by atoms with Gasteiger partial charge in [-0.05, 0) is 24.1 Å². The summed E-state index contributed by atoms with van der Waals surface area (Å²) in [5.41, 5.74) is 1.92. The lowest BCUT2D eigenvalue weighted by Gasteiger charge is -2.19. The minimum atomic E-state index is -3.27. The zero-order valence-electron chi connectivity index (χ0n) is 9.55. The van der Waals surface area contributed by atoms with Crippen molar-refractivity contribution in [2.24, 2.45) is 0 Å². The van der Waals surface area contributed by atoms with Crippen LogP contribution in [0.3, 0.4) is 0 Å². The van der Waals surface area contributed by atoms with Crippen molar-refractivity contribution < 1.29 is 8.42 Å². The van der Waals surface area contributed by atoms with E-state index in [9.17, 15) is 8.42 Å². The van der Waals surface area contributed by atoms with Crippen LogP contribution >= 0.6 is 0 Å². The summed E-state index contributed by atoms with van der Waals surface area (Å²) >= 11 is 0. The van der Waals surface area contributed by atoms with Crippen molar-refractivity contribution in [2.75, 3.05) is 24.4 Å². The van der Waals surface area contributed by atoms with E-state index in [4.69, 9.17) is 0 Å². The maximum Gasteiger partial charge on any atom is 0.303 e. The standard InChI is InChI=1S/C11H16N2O2S/c1-3-10-4-6-11(7-5-10)12(2)16(14,15)13-8-9-13/h4-7H,3,8-9H2,1-2H3. The molecular weight excluding hydrogens is 224 g/mol. The van der Waals surface area contributed by atoms with E-state index in [0.717, 1.165) is 6.42 Å². The van der Waals surface area contributed by atoms with E-state index in [0.29, 0.717) is 18.8 Å². The summed E-state index contributed by atoms with van der Waals surface area (Å²) in [6.45, 7) is 3.35. The van der Waals surface area contributed by atoms with Gasteiger partial charge in [-0.15, -0.1) is 0 Å². The van der Waals surface area contributed by atoms with Gasteiger partial charge in [0.2, 0.25) is 0 Å². The van der Waals surface area contributed by atoms with Crippen molar-refractivity contribution >= 4 is 15.9 Å². The Bertz CT molecular complexity index is 463. The number of hydrogen-bond donors (Lipinski definition) is 0. The maximum atomic E-state index is 11.9. The van der Waals surface area contributed by atoms with Crippen molar-refractivity contribution in [1.29, 1.82) is 0 Å². The Morgan fingerprint density at radius 3 is 2.25 bits per heavy atom. The third-order valence-corrected chi connectivity index (χ3v) is 4.71. The van der Waals surface area contributed by atoms with Gasteiger partial charge >= 0.3 is 10.2 Å². The van der Waals surface area contributed by atoms with Gasteiger partial charge in [0.05, 0.1) is 5.69 Å². The molecule has 1 aliphatic rings. The van der Waals surface area contributed by atoms with Crippen LogP contribution in [0.1, 0.15) is 12.5 Å². The summed E-state index contributed by atoms with van der Waals surface area (Å²) in [5.74, 6) is 0. The normalized spacial score (nSPS) is 16.1. The van der Waals surface area contributed by atoms with Crippen LogP contribution < -0.4 is 4.31 Å². The van der Waals surface area contributed by atoms with Gasteiger partial charge < -0.3 is 0 Å². The molecule has 5 heteroatoms. The van der Waals surface area contributed by atoms with Gasteiger partial charge in [0.15, 0.2) is 0 Å². The SMILES string of the molecule is CCc1ccc(N(C)S(=O)(=O)N2CC2)cc1. The molecule has 0 atom stereocenters. The quantitative estimate of drug-likeness (QED) is 0.743. The van der Waals surface area contributed by atoms with Gasteiger partial charge in [0.25, 0.3) is 0 Å². The van der Waals surface area contributed by atoms with Crippen molar-refractivity contribution in [3.63, 3.8) is 0 Å². The zero-order chi connectivity index (χ0) is 11.8. The highest BCUT2D eigenvalue weighted by Gasteiger charge is 2.35. The van der Waals surface area contributed by atoms with Crippen LogP contribution in [0.5, 0.6) is 0 Å². The molecule has 88 valence electrons. The summed E-state index contributed by atoms with van der Waals surface area (Å²) in [7, 11) is -1.68. The average Bonchev–Trinajstić information content (AvgIpc) is 3.12. The van der Waals surface area contributed by atoms with Crippen molar-refractivity contribution in [1.82, 2.24) is 4.31 Å². The largest absolute Gasteiger partial charge is 0.303 e. The topological polar surface area (TPSA) is 40.4 Å². The highest BCUT2D eigenvalue weighted by molar-refractivity contribution is 7.90. The van der Waals surface area contributed by atoms with Crippen LogP contribution in [0.15, 0.2) is 24.3 Å². The van der Waals surface area contributed by atoms with Gasteiger partial charge in [-0.2, -0.15) is 12.7 Å². The molecular formula is C11H16N2O2S. The van der Waals surface area contributed by atoms with Crippen LogP contribution in [0.25, 0.3) is 0 Å². The fourth-order valence-corrected chi connectivity index (χ4v) is 2.80.